The van der Waals surface area contributed by atoms with E-state index in [-0.39, 0.29) is 30.1 Å². The van der Waals surface area contributed by atoms with Crippen molar-refractivity contribution >= 4 is 29.9 Å². The smallest absolute Gasteiger partial charge is 0.203 e. The molecule has 1 unspecified atom stereocenters. The summed E-state index contributed by atoms with van der Waals surface area (Å²) in [5.74, 6) is 3.40. The molecule has 0 aliphatic rings. The van der Waals surface area contributed by atoms with Crippen molar-refractivity contribution < 1.29 is 18.9 Å². The van der Waals surface area contributed by atoms with Crippen LogP contribution in [-0.2, 0) is 13.1 Å². The SMILES string of the molecule is CCC(C)Oc1cc(C)ccc1CNC(=NC)NCc1ccc(OC)c(OC)c1OC.I. The van der Waals surface area contributed by atoms with Crippen molar-refractivity contribution in [1.82, 2.24) is 10.6 Å². The van der Waals surface area contributed by atoms with E-state index in [0.717, 1.165) is 23.3 Å². The first-order valence-electron chi connectivity index (χ1n) is 10.5. The fourth-order valence-corrected chi connectivity index (χ4v) is 3.10. The van der Waals surface area contributed by atoms with Gasteiger partial charge >= 0.3 is 0 Å². The predicted molar refractivity (Wildman–Crippen MR) is 140 cm³/mol. The second kappa shape index (κ2) is 13.9. The van der Waals surface area contributed by atoms with E-state index in [1.807, 2.05) is 12.1 Å². The topological polar surface area (TPSA) is 73.3 Å². The summed E-state index contributed by atoms with van der Waals surface area (Å²) in [6, 6.07) is 10.1. The zero-order valence-corrected chi connectivity index (χ0v) is 22.4. The number of guanidine groups is 1. The summed E-state index contributed by atoms with van der Waals surface area (Å²) >= 11 is 0. The van der Waals surface area contributed by atoms with Gasteiger partial charge in [-0.1, -0.05) is 19.1 Å². The average Bonchev–Trinajstić information content (AvgIpc) is 2.79. The Morgan fingerprint density at radius 1 is 0.906 bits per heavy atom. The number of rotatable bonds is 10. The third kappa shape index (κ3) is 7.36. The average molecular weight is 557 g/mol. The number of aliphatic imine (C=N–C) groups is 1. The number of aryl methyl sites for hydroxylation is 1. The Morgan fingerprint density at radius 2 is 1.53 bits per heavy atom. The van der Waals surface area contributed by atoms with Crippen LogP contribution in [0.2, 0.25) is 0 Å². The number of ether oxygens (including phenoxy) is 4. The molecule has 8 heteroatoms. The van der Waals surface area contributed by atoms with Gasteiger partial charge in [-0.15, -0.1) is 24.0 Å². The first-order chi connectivity index (χ1) is 15.0. The molecule has 0 aliphatic heterocycles. The van der Waals surface area contributed by atoms with Crippen molar-refractivity contribution in [3.05, 3.63) is 47.0 Å². The van der Waals surface area contributed by atoms with Crippen LogP contribution < -0.4 is 29.6 Å². The predicted octanol–water partition coefficient (Wildman–Crippen LogP) is 4.68. The van der Waals surface area contributed by atoms with Crippen LogP contribution in [0.3, 0.4) is 0 Å². The largest absolute Gasteiger partial charge is 0.493 e. The second-order valence-electron chi connectivity index (χ2n) is 7.22. The molecule has 0 fully saturated rings. The fraction of sp³-hybridized carbons (Fsp3) is 0.458. The van der Waals surface area contributed by atoms with Crippen molar-refractivity contribution in [2.45, 2.75) is 46.4 Å². The van der Waals surface area contributed by atoms with Gasteiger partial charge < -0.3 is 29.6 Å². The molecule has 2 rings (SSSR count). The molecule has 0 heterocycles. The molecule has 2 N–H and O–H groups in total. The zero-order valence-electron chi connectivity index (χ0n) is 20.1. The lowest BCUT2D eigenvalue weighted by atomic mass is 10.1. The zero-order chi connectivity index (χ0) is 22.8. The van der Waals surface area contributed by atoms with E-state index in [4.69, 9.17) is 18.9 Å². The number of methoxy groups -OCH3 is 3. The lowest BCUT2D eigenvalue weighted by Gasteiger charge is -2.19. The molecule has 2 aromatic rings. The van der Waals surface area contributed by atoms with Gasteiger partial charge in [-0.3, -0.25) is 4.99 Å². The monoisotopic (exact) mass is 557 g/mol. The molecule has 0 saturated carbocycles. The number of nitrogens with one attached hydrogen (secondary N) is 2. The Bertz CT molecular complexity index is 890. The van der Waals surface area contributed by atoms with Gasteiger partial charge in [0, 0.05) is 31.3 Å². The Balaban J connectivity index is 0.00000512. The molecular weight excluding hydrogens is 521 g/mol. The highest BCUT2D eigenvalue weighted by Crippen LogP contribution is 2.39. The molecule has 0 saturated heterocycles. The Morgan fingerprint density at radius 3 is 2.09 bits per heavy atom. The molecule has 32 heavy (non-hydrogen) atoms. The Labute approximate surface area is 208 Å². The molecule has 0 bridgehead atoms. The summed E-state index contributed by atoms with van der Waals surface area (Å²) < 4.78 is 22.5. The van der Waals surface area contributed by atoms with Gasteiger partial charge in [-0.2, -0.15) is 0 Å². The highest BCUT2D eigenvalue weighted by atomic mass is 127. The summed E-state index contributed by atoms with van der Waals surface area (Å²) in [6.45, 7) is 7.36. The lowest BCUT2D eigenvalue weighted by Crippen LogP contribution is -2.36. The van der Waals surface area contributed by atoms with Gasteiger partial charge in [-0.25, -0.2) is 0 Å². The normalized spacial score (nSPS) is 11.8. The van der Waals surface area contributed by atoms with E-state index >= 15 is 0 Å². The van der Waals surface area contributed by atoms with Crippen LogP contribution in [0.25, 0.3) is 0 Å². The maximum atomic E-state index is 6.11. The molecule has 0 aliphatic carbocycles. The maximum absolute atomic E-state index is 6.11. The molecule has 0 radical (unpaired) electrons. The van der Waals surface area contributed by atoms with Gasteiger partial charge in [0.1, 0.15) is 5.75 Å². The van der Waals surface area contributed by atoms with E-state index in [0.29, 0.717) is 36.3 Å². The summed E-state index contributed by atoms with van der Waals surface area (Å²) in [7, 11) is 6.56. The second-order valence-corrected chi connectivity index (χ2v) is 7.22. The summed E-state index contributed by atoms with van der Waals surface area (Å²) in [5.41, 5.74) is 3.18. The molecule has 2 aromatic carbocycles. The summed E-state index contributed by atoms with van der Waals surface area (Å²) in [4.78, 5) is 4.33. The molecular formula is C24H36IN3O4. The maximum Gasteiger partial charge on any atom is 0.203 e. The third-order valence-electron chi connectivity index (χ3n) is 5.03. The first kappa shape index (κ1) is 27.7. The minimum absolute atomic E-state index is 0. The Hall–Kier alpha value is -2.36. The number of hydrogen-bond acceptors (Lipinski definition) is 5. The van der Waals surface area contributed by atoms with Crippen molar-refractivity contribution in [1.29, 1.82) is 0 Å². The molecule has 0 amide bonds. The first-order valence-corrected chi connectivity index (χ1v) is 10.5. The Kier molecular flexibility index (Phi) is 12.0. The molecule has 0 aromatic heterocycles. The quantitative estimate of drug-likeness (QED) is 0.251. The van der Waals surface area contributed by atoms with Crippen LogP contribution in [0.5, 0.6) is 23.0 Å². The molecule has 0 spiro atoms. The molecule has 1 atom stereocenters. The van der Waals surface area contributed by atoms with Crippen LogP contribution in [0.15, 0.2) is 35.3 Å². The van der Waals surface area contributed by atoms with Gasteiger partial charge in [0.05, 0.1) is 27.4 Å². The van der Waals surface area contributed by atoms with Crippen molar-refractivity contribution in [2.24, 2.45) is 4.99 Å². The molecule has 178 valence electrons. The highest BCUT2D eigenvalue weighted by Gasteiger charge is 2.16. The van der Waals surface area contributed by atoms with E-state index < -0.39 is 0 Å². The highest BCUT2D eigenvalue weighted by molar-refractivity contribution is 14.0. The summed E-state index contributed by atoms with van der Waals surface area (Å²) in [5, 5.41) is 6.68. The molecule has 7 nitrogen and oxygen atoms in total. The minimum atomic E-state index is 0. The number of benzene rings is 2. The third-order valence-corrected chi connectivity index (χ3v) is 5.03. The lowest BCUT2D eigenvalue weighted by molar-refractivity contribution is 0.215. The van der Waals surface area contributed by atoms with Crippen LogP contribution in [0.4, 0.5) is 0 Å². The van der Waals surface area contributed by atoms with E-state index in [2.05, 4.69) is 54.6 Å². The van der Waals surface area contributed by atoms with Crippen molar-refractivity contribution in [3.63, 3.8) is 0 Å². The fourth-order valence-electron chi connectivity index (χ4n) is 3.10. The van der Waals surface area contributed by atoms with E-state index in [1.54, 1.807) is 28.4 Å². The van der Waals surface area contributed by atoms with E-state index in [1.165, 1.54) is 5.56 Å². The van der Waals surface area contributed by atoms with Gasteiger partial charge in [0.25, 0.3) is 0 Å². The summed E-state index contributed by atoms with van der Waals surface area (Å²) in [6.07, 6.45) is 1.12. The number of nitrogens with zero attached hydrogens (tertiary/aromatic N) is 1. The standard InChI is InChI=1S/C24H35N3O4.HI/c1-8-17(3)31-21-13-16(2)9-10-18(21)14-26-24(25-4)27-15-19-11-12-20(28-5)23(30-7)22(19)29-6;/h9-13,17H,8,14-15H2,1-7H3,(H2,25,26,27);1H. The minimum Gasteiger partial charge on any atom is -0.493 e. The van der Waals surface area contributed by atoms with Crippen LogP contribution in [-0.4, -0.2) is 40.4 Å². The van der Waals surface area contributed by atoms with Crippen molar-refractivity contribution in [3.8, 4) is 23.0 Å². The van der Waals surface area contributed by atoms with Crippen LogP contribution >= 0.6 is 24.0 Å². The number of halogens is 1. The number of hydrogen-bond donors (Lipinski definition) is 2. The van der Waals surface area contributed by atoms with Crippen LogP contribution in [0.1, 0.15) is 37.0 Å². The van der Waals surface area contributed by atoms with Crippen LogP contribution in [0, 0.1) is 6.92 Å². The van der Waals surface area contributed by atoms with E-state index in [9.17, 15) is 0 Å². The van der Waals surface area contributed by atoms with Gasteiger partial charge in [0.2, 0.25) is 5.75 Å². The van der Waals surface area contributed by atoms with Gasteiger partial charge in [0.15, 0.2) is 17.5 Å². The van der Waals surface area contributed by atoms with Gasteiger partial charge in [-0.05, 0) is 44.0 Å². The van der Waals surface area contributed by atoms with Crippen molar-refractivity contribution in [2.75, 3.05) is 28.4 Å².